The van der Waals surface area contributed by atoms with Crippen LogP contribution in [0.1, 0.15) is 10.4 Å². The molecule has 0 N–H and O–H groups in total. The number of hydrogen-bond donors (Lipinski definition) is 0. The number of para-hydroxylation sites is 1. The number of halogens is 1. The van der Waals surface area contributed by atoms with E-state index in [4.69, 9.17) is 0 Å². The summed E-state index contributed by atoms with van der Waals surface area (Å²) >= 11 is 0. The summed E-state index contributed by atoms with van der Waals surface area (Å²) in [4.78, 5) is 20.9. The van der Waals surface area contributed by atoms with E-state index >= 15 is 0 Å². The zero-order valence-corrected chi connectivity index (χ0v) is 13.7. The summed E-state index contributed by atoms with van der Waals surface area (Å²) in [6.07, 6.45) is 1.74. The number of hydrogen-bond acceptors (Lipinski definition) is 3. The standard InChI is InChI=1S/C20H18FN3O/c21-17-5-1-2-6-19(17)23-10-12-24(13-11-23)20(25)16-7-8-18-15(14-16)4-3-9-22-18/h1-9,14H,10-13H2. The number of carbonyl (C=O) groups is 1. The molecule has 5 heteroatoms. The molecule has 1 saturated heterocycles. The van der Waals surface area contributed by atoms with Crippen LogP contribution >= 0.6 is 0 Å². The van der Waals surface area contributed by atoms with Crippen LogP contribution in [0.4, 0.5) is 10.1 Å². The number of anilines is 1. The summed E-state index contributed by atoms with van der Waals surface area (Å²) in [6, 6.07) is 16.2. The van der Waals surface area contributed by atoms with Gasteiger partial charge in [-0.2, -0.15) is 0 Å². The zero-order chi connectivity index (χ0) is 17.2. The number of benzene rings is 2. The Bertz CT molecular complexity index is 919. The van der Waals surface area contributed by atoms with Crippen molar-refractivity contribution in [1.82, 2.24) is 9.88 Å². The van der Waals surface area contributed by atoms with Crippen molar-refractivity contribution >= 4 is 22.5 Å². The highest BCUT2D eigenvalue weighted by Crippen LogP contribution is 2.21. The van der Waals surface area contributed by atoms with Crippen molar-refractivity contribution in [2.24, 2.45) is 0 Å². The van der Waals surface area contributed by atoms with Gasteiger partial charge < -0.3 is 9.80 Å². The molecule has 1 fully saturated rings. The normalized spacial score (nSPS) is 14.8. The van der Waals surface area contributed by atoms with E-state index in [9.17, 15) is 9.18 Å². The van der Waals surface area contributed by atoms with Crippen LogP contribution in [-0.4, -0.2) is 42.0 Å². The first-order valence-corrected chi connectivity index (χ1v) is 8.36. The van der Waals surface area contributed by atoms with Gasteiger partial charge in [-0.15, -0.1) is 0 Å². The third kappa shape index (κ3) is 3.05. The number of pyridine rings is 1. The van der Waals surface area contributed by atoms with Gasteiger partial charge >= 0.3 is 0 Å². The van der Waals surface area contributed by atoms with Gasteiger partial charge in [-0.05, 0) is 36.4 Å². The number of nitrogens with zero attached hydrogens (tertiary/aromatic N) is 3. The van der Waals surface area contributed by atoms with Gasteiger partial charge in [-0.25, -0.2) is 4.39 Å². The summed E-state index contributed by atoms with van der Waals surface area (Å²) in [5, 5.41) is 0.957. The van der Waals surface area contributed by atoms with E-state index in [1.165, 1.54) is 6.07 Å². The largest absolute Gasteiger partial charge is 0.366 e. The van der Waals surface area contributed by atoms with Crippen molar-refractivity contribution in [2.75, 3.05) is 31.1 Å². The molecule has 0 bridgehead atoms. The summed E-state index contributed by atoms with van der Waals surface area (Å²) in [5.41, 5.74) is 2.15. The van der Waals surface area contributed by atoms with Gasteiger partial charge in [0.2, 0.25) is 0 Å². The lowest BCUT2D eigenvalue weighted by molar-refractivity contribution is 0.0747. The van der Waals surface area contributed by atoms with E-state index in [1.807, 2.05) is 46.2 Å². The molecule has 0 radical (unpaired) electrons. The number of piperazine rings is 1. The predicted octanol–water partition coefficient (Wildman–Crippen LogP) is 3.34. The van der Waals surface area contributed by atoms with Gasteiger partial charge in [0.05, 0.1) is 11.2 Å². The Kier molecular flexibility index (Phi) is 4.06. The van der Waals surface area contributed by atoms with Gasteiger partial charge in [0.1, 0.15) is 5.82 Å². The second-order valence-electron chi connectivity index (χ2n) is 6.14. The Hall–Kier alpha value is -2.95. The van der Waals surface area contributed by atoms with Crippen LogP contribution in [0.15, 0.2) is 60.8 Å². The average molecular weight is 335 g/mol. The zero-order valence-electron chi connectivity index (χ0n) is 13.7. The highest BCUT2D eigenvalue weighted by Gasteiger charge is 2.23. The summed E-state index contributed by atoms with van der Waals surface area (Å²) < 4.78 is 13.9. The van der Waals surface area contributed by atoms with Crippen molar-refractivity contribution < 1.29 is 9.18 Å². The van der Waals surface area contributed by atoms with Crippen molar-refractivity contribution in [1.29, 1.82) is 0 Å². The molecular weight excluding hydrogens is 317 g/mol. The van der Waals surface area contributed by atoms with Gasteiger partial charge in [-0.1, -0.05) is 18.2 Å². The molecule has 2 heterocycles. The third-order valence-electron chi connectivity index (χ3n) is 4.61. The molecule has 2 aromatic carbocycles. The second kappa shape index (κ2) is 6.51. The van der Waals surface area contributed by atoms with Crippen LogP contribution in [0.3, 0.4) is 0 Å². The van der Waals surface area contributed by atoms with Crippen molar-refractivity contribution in [3.63, 3.8) is 0 Å². The number of rotatable bonds is 2. The van der Waals surface area contributed by atoms with E-state index < -0.39 is 0 Å². The Morgan fingerprint density at radius 3 is 2.56 bits per heavy atom. The van der Waals surface area contributed by atoms with Crippen molar-refractivity contribution in [3.05, 3.63) is 72.2 Å². The summed E-state index contributed by atoms with van der Waals surface area (Å²) in [6.45, 7) is 2.42. The SMILES string of the molecule is O=C(c1ccc2ncccc2c1)N1CCN(c2ccccc2F)CC1. The highest BCUT2D eigenvalue weighted by atomic mass is 19.1. The minimum Gasteiger partial charge on any atom is -0.366 e. The summed E-state index contributed by atoms with van der Waals surface area (Å²) in [5.74, 6) is -0.205. The van der Waals surface area contributed by atoms with E-state index in [0.29, 0.717) is 37.4 Å². The van der Waals surface area contributed by atoms with E-state index in [0.717, 1.165) is 10.9 Å². The topological polar surface area (TPSA) is 36.4 Å². The first-order valence-electron chi connectivity index (χ1n) is 8.36. The molecule has 1 aliphatic rings. The number of amides is 1. The molecular formula is C20H18FN3O. The molecule has 0 aliphatic carbocycles. The number of aromatic nitrogens is 1. The van der Waals surface area contributed by atoms with Crippen LogP contribution in [0.2, 0.25) is 0 Å². The molecule has 1 amide bonds. The first-order chi connectivity index (χ1) is 12.2. The molecule has 3 aromatic rings. The fourth-order valence-electron chi connectivity index (χ4n) is 3.25. The number of fused-ring (bicyclic) bond motifs is 1. The lowest BCUT2D eigenvalue weighted by Crippen LogP contribution is -2.49. The Morgan fingerprint density at radius 2 is 1.76 bits per heavy atom. The Balaban J connectivity index is 1.48. The monoisotopic (exact) mass is 335 g/mol. The third-order valence-corrected chi connectivity index (χ3v) is 4.61. The summed E-state index contributed by atoms with van der Waals surface area (Å²) in [7, 11) is 0. The number of carbonyl (C=O) groups excluding carboxylic acids is 1. The van der Waals surface area contributed by atoms with Crippen LogP contribution in [0.5, 0.6) is 0 Å². The van der Waals surface area contributed by atoms with Crippen LogP contribution in [0.25, 0.3) is 10.9 Å². The fraction of sp³-hybridized carbons (Fsp3) is 0.200. The van der Waals surface area contributed by atoms with Crippen LogP contribution in [0, 0.1) is 5.82 Å². The minimum absolute atomic E-state index is 0.0129. The molecule has 0 saturated carbocycles. The minimum atomic E-state index is -0.218. The average Bonchev–Trinajstić information content (AvgIpc) is 2.67. The second-order valence-corrected chi connectivity index (χ2v) is 6.14. The predicted molar refractivity (Wildman–Crippen MR) is 96.3 cm³/mol. The molecule has 4 rings (SSSR count). The van der Waals surface area contributed by atoms with Crippen LogP contribution < -0.4 is 4.90 Å². The van der Waals surface area contributed by atoms with Gasteiger partial charge in [0.25, 0.3) is 5.91 Å². The van der Waals surface area contributed by atoms with E-state index in [1.54, 1.807) is 18.3 Å². The molecule has 0 unspecified atom stereocenters. The van der Waals surface area contributed by atoms with Gasteiger partial charge in [-0.3, -0.25) is 9.78 Å². The molecule has 1 aromatic heterocycles. The highest BCUT2D eigenvalue weighted by molar-refractivity contribution is 5.98. The molecule has 0 spiro atoms. The molecule has 1 aliphatic heterocycles. The van der Waals surface area contributed by atoms with E-state index in [-0.39, 0.29) is 11.7 Å². The molecule has 0 atom stereocenters. The Morgan fingerprint density at radius 1 is 0.960 bits per heavy atom. The van der Waals surface area contributed by atoms with Gasteiger partial charge in [0.15, 0.2) is 0 Å². The Labute approximate surface area is 145 Å². The lowest BCUT2D eigenvalue weighted by atomic mass is 10.1. The maximum atomic E-state index is 13.9. The maximum absolute atomic E-state index is 13.9. The van der Waals surface area contributed by atoms with Crippen LogP contribution in [-0.2, 0) is 0 Å². The first kappa shape index (κ1) is 15.6. The van der Waals surface area contributed by atoms with Gasteiger partial charge in [0, 0.05) is 43.3 Å². The van der Waals surface area contributed by atoms with Crippen molar-refractivity contribution in [2.45, 2.75) is 0 Å². The smallest absolute Gasteiger partial charge is 0.253 e. The van der Waals surface area contributed by atoms with E-state index in [2.05, 4.69) is 4.98 Å². The fourth-order valence-corrected chi connectivity index (χ4v) is 3.25. The lowest BCUT2D eigenvalue weighted by Gasteiger charge is -2.36. The van der Waals surface area contributed by atoms with Crippen molar-refractivity contribution in [3.8, 4) is 0 Å². The maximum Gasteiger partial charge on any atom is 0.253 e. The molecule has 25 heavy (non-hydrogen) atoms. The quantitative estimate of drug-likeness (QED) is 0.721. The molecule has 4 nitrogen and oxygen atoms in total. The molecule has 126 valence electrons.